The van der Waals surface area contributed by atoms with Crippen LogP contribution < -0.4 is 5.32 Å². The number of ether oxygens (including phenoxy) is 1. The Morgan fingerprint density at radius 1 is 1.29 bits per heavy atom. The van der Waals surface area contributed by atoms with Crippen LogP contribution in [0.2, 0.25) is 0 Å². The zero-order valence-corrected chi connectivity index (χ0v) is 13.2. The van der Waals surface area contributed by atoms with Crippen LogP contribution in [-0.4, -0.2) is 29.8 Å². The molecule has 1 aromatic heterocycles. The summed E-state index contributed by atoms with van der Waals surface area (Å²) in [6, 6.07) is 10.6. The molecule has 0 radical (unpaired) electrons. The summed E-state index contributed by atoms with van der Waals surface area (Å²) >= 11 is 0. The van der Waals surface area contributed by atoms with Crippen molar-refractivity contribution in [2.75, 3.05) is 25.6 Å². The second kappa shape index (κ2) is 7.84. The minimum Gasteiger partial charge on any atom is -0.385 e. The van der Waals surface area contributed by atoms with Gasteiger partial charge in [0.2, 0.25) is 5.95 Å². The number of aryl methyl sites for hydroxylation is 1. The van der Waals surface area contributed by atoms with E-state index in [1.165, 1.54) is 5.56 Å². The fraction of sp³-hybridized carbons (Fsp3) is 0.471. The van der Waals surface area contributed by atoms with Gasteiger partial charge in [-0.1, -0.05) is 37.3 Å². The number of nitrogens with one attached hydrogen (secondary N) is 1. The molecule has 4 nitrogen and oxygen atoms in total. The Kier molecular flexibility index (Phi) is 5.81. The molecule has 21 heavy (non-hydrogen) atoms. The Bertz CT molecular complexity index is 536. The van der Waals surface area contributed by atoms with Crippen LogP contribution in [0.5, 0.6) is 0 Å². The van der Waals surface area contributed by atoms with Crippen molar-refractivity contribution < 1.29 is 4.74 Å². The highest BCUT2D eigenvalue weighted by Gasteiger charge is 2.10. The van der Waals surface area contributed by atoms with Gasteiger partial charge in [-0.15, -0.1) is 0 Å². The smallest absolute Gasteiger partial charge is 0.203 e. The lowest BCUT2D eigenvalue weighted by molar-refractivity contribution is 0.197. The van der Waals surface area contributed by atoms with Gasteiger partial charge < -0.3 is 14.6 Å². The topological polar surface area (TPSA) is 39.1 Å². The number of anilines is 1. The lowest BCUT2D eigenvalue weighted by Crippen LogP contribution is -2.12. The van der Waals surface area contributed by atoms with E-state index >= 15 is 0 Å². The number of imidazole rings is 1. The van der Waals surface area contributed by atoms with E-state index in [1.54, 1.807) is 7.11 Å². The van der Waals surface area contributed by atoms with Crippen molar-refractivity contribution in [3.8, 4) is 0 Å². The van der Waals surface area contributed by atoms with Crippen molar-refractivity contribution >= 4 is 5.95 Å². The van der Waals surface area contributed by atoms with Gasteiger partial charge in [0, 0.05) is 33.0 Å². The van der Waals surface area contributed by atoms with Crippen molar-refractivity contribution in [2.24, 2.45) is 0 Å². The third-order valence-electron chi connectivity index (χ3n) is 3.54. The maximum atomic E-state index is 5.07. The lowest BCUT2D eigenvalue weighted by Gasteiger charge is -2.15. The summed E-state index contributed by atoms with van der Waals surface area (Å²) in [5.74, 6) is 1.41. The van der Waals surface area contributed by atoms with Crippen molar-refractivity contribution in [2.45, 2.75) is 32.7 Å². The molecule has 0 saturated heterocycles. The van der Waals surface area contributed by atoms with E-state index in [9.17, 15) is 0 Å². The average molecular weight is 287 g/mol. The Balaban J connectivity index is 1.99. The van der Waals surface area contributed by atoms with E-state index in [0.717, 1.165) is 37.8 Å². The van der Waals surface area contributed by atoms with Crippen LogP contribution in [0.3, 0.4) is 0 Å². The Hall–Kier alpha value is -1.81. The van der Waals surface area contributed by atoms with Crippen LogP contribution in [0.4, 0.5) is 5.95 Å². The summed E-state index contributed by atoms with van der Waals surface area (Å²) < 4.78 is 7.28. The maximum Gasteiger partial charge on any atom is 0.203 e. The molecule has 0 spiro atoms. The van der Waals surface area contributed by atoms with Crippen LogP contribution in [0, 0.1) is 6.92 Å². The molecular formula is C17H25N3O. The number of rotatable bonds is 8. The zero-order chi connectivity index (χ0) is 15.1. The van der Waals surface area contributed by atoms with Crippen LogP contribution in [0.1, 0.15) is 30.5 Å². The van der Waals surface area contributed by atoms with Crippen molar-refractivity contribution in [1.82, 2.24) is 9.55 Å². The zero-order valence-electron chi connectivity index (χ0n) is 13.2. The minimum absolute atomic E-state index is 0.458. The summed E-state index contributed by atoms with van der Waals surface area (Å²) in [4.78, 5) is 4.57. The number of aromatic nitrogens is 2. The summed E-state index contributed by atoms with van der Waals surface area (Å²) in [7, 11) is 1.73. The molecule has 1 atom stereocenters. The molecule has 1 heterocycles. The summed E-state index contributed by atoms with van der Waals surface area (Å²) in [6.45, 7) is 6.86. The molecule has 0 aliphatic heterocycles. The van der Waals surface area contributed by atoms with Gasteiger partial charge in [0.15, 0.2) is 0 Å². The Morgan fingerprint density at radius 2 is 2.05 bits per heavy atom. The van der Waals surface area contributed by atoms with Gasteiger partial charge in [0.05, 0.1) is 5.69 Å². The fourth-order valence-electron chi connectivity index (χ4n) is 2.43. The van der Waals surface area contributed by atoms with Gasteiger partial charge in [-0.2, -0.15) is 0 Å². The number of hydrogen-bond acceptors (Lipinski definition) is 3. The molecule has 2 aromatic rings. The van der Waals surface area contributed by atoms with Gasteiger partial charge in [0.1, 0.15) is 0 Å². The van der Waals surface area contributed by atoms with Crippen molar-refractivity contribution in [3.05, 3.63) is 47.8 Å². The third kappa shape index (κ3) is 4.60. The number of hydrogen-bond donors (Lipinski definition) is 1. The number of benzene rings is 1. The highest BCUT2D eigenvalue weighted by atomic mass is 16.5. The summed E-state index contributed by atoms with van der Waals surface area (Å²) in [5, 5.41) is 3.40. The molecule has 2 rings (SSSR count). The Labute approximate surface area is 127 Å². The first kappa shape index (κ1) is 15.6. The van der Waals surface area contributed by atoms with Crippen LogP contribution >= 0.6 is 0 Å². The van der Waals surface area contributed by atoms with E-state index in [1.807, 2.05) is 6.92 Å². The minimum atomic E-state index is 0.458. The van der Waals surface area contributed by atoms with Gasteiger partial charge in [-0.3, -0.25) is 0 Å². The standard InChI is InChI=1S/C17H25N3O/c1-14(16-8-5-4-6-9-16)12-20-13-15(2)19-17(20)18-10-7-11-21-3/h4-6,8-9,13-14H,7,10-12H2,1-3H3,(H,18,19). The van der Waals surface area contributed by atoms with E-state index in [2.05, 4.69) is 58.3 Å². The molecule has 4 heteroatoms. The predicted octanol–water partition coefficient (Wildman–Crippen LogP) is 3.44. The highest BCUT2D eigenvalue weighted by Crippen LogP contribution is 2.19. The number of methoxy groups -OCH3 is 1. The van der Waals surface area contributed by atoms with Crippen LogP contribution in [-0.2, 0) is 11.3 Å². The summed E-state index contributed by atoms with van der Waals surface area (Å²) in [6.07, 6.45) is 3.09. The van der Waals surface area contributed by atoms with Crippen molar-refractivity contribution in [3.63, 3.8) is 0 Å². The van der Waals surface area contributed by atoms with Gasteiger partial charge in [-0.05, 0) is 24.8 Å². The molecule has 0 bridgehead atoms. The molecule has 1 N–H and O–H groups in total. The molecule has 1 aromatic carbocycles. The summed E-state index contributed by atoms with van der Waals surface area (Å²) in [5.41, 5.74) is 2.40. The molecule has 114 valence electrons. The maximum absolute atomic E-state index is 5.07. The Morgan fingerprint density at radius 3 is 2.76 bits per heavy atom. The van der Waals surface area contributed by atoms with Crippen LogP contribution in [0.15, 0.2) is 36.5 Å². The number of nitrogens with zero attached hydrogens (tertiary/aromatic N) is 2. The third-order valence-corrected chi connectivity index (χ3v) is 3.54. The monoisotopic (exact) mass is 287 g/mol. The van der Waals surface area contributed by atoms with Gasteiger partial charge in [0.25, 0.3) is 0 Å². The van der Waals surface area contributed by atoms with E-state index in [-0.39, 0.29) is 0 Å². The second-order valence-electron chi connectivity index (χ2n) is 5.44. The van der Waals surface area contributed by atoms with Gasteiger partial charge in [-0.25, -0.2) is 4.98 Å². The first-order valence-corrected chi connectivity index (χ1v) is 7.52. The molecular weight excluding hydrogens is 262 g/mol. The van der Waals surface area contributed by atoms with E-state index < -0.39 is 0 Å². The molecule has 0 aliphatic carbocycles. The average Bonchev–Trinajstić information content (AvgIpc) is 2.84. The first-order valence-electron chi connectivity index (χ1n) is 7.52. The fourth-order valence-corrected chi connectivity index (χ4v) is 2.43. The quantitative estimate of drug-likeness (QED) is 0.756. The highest BCUT2D eigenvalue weighted by molar-refractivity contribution is 5.29. The molecule has 0 amide bonds. The van der Waals surface area contributed by atoms with Crippen molar-refractivity contribution in [1.29, 1.82) is 0 Å². The molecule has 1 unspecified atom stereocenters. The predicted molar refractivity (Wildman–Crippen MR) is 86.8 cm³/mol. The van der Waals surface area contributed by atoms with Crippen LogP contribution in [0.25, 0.3) is 0 Å². The second-order valence-corrected chi connectivity index (χ2v) is 5.44. The SMILES string of the molecule is COCCCNc1nc(C)cn1CC(C)c1ccccc1. The van der Waals surface area contributed by atoms with E-state index in [0.29, 0.717) is 5.92 Å². The largest absolute Gasteiger partial charge is 0.385 e. The van der Waals surface area contributed by atoms with E-state index in [4.69, 9.17) is 4.74 Å². The lowest BCUT2D eigenvalue weighted by atomic mass is 10.0. The molecule has 0 fully saturated rings. The molecule has 0 saturated carbocycles. The normalized spacial score (nSPS) is 12.3. The van der Waals surface area contributed by atoms with Gasteiger partial charge >= 0.3 is 0 Å². The first-order chi connectivity index (χ1) is 10.2. The molecule has 0 aliphatic rings.